The number of nitrogens with zero attached hydrogens (tertiary/aromatic N) is 2. The molecular weight excluding hydrogens is 309 g/mol. The molecule has 0 aliphatic carbocycles. The molecule has 2 aromatic rings. The molecule has 0 saturated carbocycles. The van der Waals surface area contributed by atoms with Gasteiger partial charge in [0.2, 0.25) is 5.95 Å². The number of nitrogen functional groups attached to an aromatic ring is 1. The van der Waals surface area contributed by atoms with Gasteiger partial charge in [0.15, 0.2) is 9.84 Å². The molecule has 1 aliphatic rings. The Morgan fingerprint density at radius 1 is 1.32 bits per heavy atom. The maximum absolute atomic E-state index is 11.6. The van der Waals surface area contributed by atoms with Crippen molar-refractivity contribution in [2.45, 2.75) is 12.5 Å². The van der Waals surface area contributed by atoms with Crippen molar-refractivity contribution in [2.75, 3.05) is 17.2 Å². The lowest BCUT2D eigenvalue weighted by Gasteiger charge is -2.13. The van der Waals surface area contributed by atoms with Crippen molar-refractivity contribution in [1.82, 2.24) is 9.55 Å². The van der Waals surface area contributed by atoms with Gasteiger partial charge in [-0.2, -0.15) is 0 Å². The van der Waals surface area contributed by atoms with Crippen molar-refractivity contribution in [3.05, 3.63) is 22.2 Å². The number of anilines is 1. The average Bonchev–Trinajstić information content (AvgIpc) is 2.79. The van der Waals surface area contributed by atoms with Crippen molar-refractivity contribution < 1.29 is 8.42 Å². The molecule has 1 aromatic carbocycles. The predicted molar refractivity (Wildman–Crippen MR) is 76.5 cm³/mol. The van der Waals surface area contributed by atoms with Crippen molar-refractivity contribution in [3.63, 3.8) is 0 Å². The van der Waals surface area contributed by atoms with Gasteiger partial charge in [-0.05, 0) is 18.6 Å². The van der Waals surface area contributed by atoms with Gasteiger partial charge < -0.3 is 10.3 Å². The fraction of sp³-hybridized carbons (Fsp3) is 0.364. The van der Waals surface area contributed by atoms with E-state index in [1.807, 2.05) is 0 Å². The highest BCUT2D eigenvalue weighted by Gasteiger charge is 2.31. The lowest BCUT2D eigenvalue weighted by Crippen LogP contribution is -2.13. The van der Waals surface area contributed by atoms with E-state index in [1.165, 1.54) is 0 Å². The minimum Gasteiger partial charge on any atom is -0.369 e. The molecule has 1 saturated heterocycles. The number of sulfone groups is 1. The van der Waals surface area contributed by atoms with E-state index < -0.39 is 9.84 Å². The Balaban J connectivity index is 2.18. The number of benzene rings is 1. The van der Waals surface area contributed by atoms with Crippen LogP contribution >= 0.6 is 23.2 Å². The molecule has 1 fully saturated rings. The van der Waals surface area contributed by atoms with Crippen LogP contribution in [0.1, 0.15) is 12.5 Å². The Kier molecular flexibility index (Phi) is 2.92. The largest absolute Gasteiger partial charge is 0.369 e. The molecular formula is C11H11Cl2N3O2S. The third kappa shape index (κ3) is 2.17. The number of hydrogen-bond donors (Lipinski definition) is 1. The highest BCUT2D eigenvalue weighted by atomic mass is 35.5. The summed E-state index contributed by atoms with van der Waals surface area (Å²) in [5.74, 6) is 0.552. The first-order valence-electron chi connectivity index (χ1n) is 5.70. The minimum absolute atomic E-state index is 0.0862. The number of fused-ring (bicyclic) bond motifs is 1. The van der Waals surface area contributed by atoms with Crippen LogP contribution in [0.3, 0.4) is 0 Å². The lowest BCUT2D eigenvalue weighted by atomic mass is 10.2. The van der Waals surface area contributed by atoms with E-state index in [2.05, 4.69) is 4.98 Å². The third-order valence-corrected chi connectivity index (χ3v) is 5.80. The smallest absolute Gasteiger partial charge is 0.201 e. The molecule has 0 radical (unpaired) electrons. The van der Waals surface area contributed by atoms with Crippen LogP contribution in [0.15, 0.2) is 12.1 Å². The van der Waals surface area contributed by atoms with Gasteiger partial charge in [-0.15, -0.1) is 0 Å². The second-order valence-electron chi connectivity index (χ2n) is 4.65. The first-order chi connectivity index (χ1) is 8.87. The highest BCUT2D eigenvalue weighted by molar-refractivity contribution is 7.91. The zero-order valence-electron chi connectivity index (χ0n) is 9.81. The first kappa shape index (κ1) is 13.0. The van der Waals surface area contributed by atoms with Gasteiger partial charge >= 0.3 is 0 Å². The number of aromatic nitrogens is 2. The summed E-state index contributed by atoms with van der Waals surface area (Å²) in [7, 11) is -2.99. The Morgan fingerprint density at radius 3 is 2.63 bits per heavy atom. The Bertz CT molecular complexity index is 770. The molecule has 0 amide bonds. The summed E-state index contributed by atoms with van der Waals surface area (Å²) >= 11 is 11.9. The monoisotopic (exact) mass is 319 g/mol. The van der Waals surface area contributed by atoms with Crippen molar-refractivity contribution in [2.24, 2.45) is 0 Å². The quantitative estimate of drug-likeness (QED) is 0.874. The van der Waals surface area contributed by atoms with Crippen LogP contribution < -0.4 is 5.73 Å². The van der Waals surface area contributed by atoms with Gasteiger partial charge in [-0.25, -0.2) is 13.4 Å². The summed E-state index contributed by atoms with van der Waals surface area (Å²) in [6, 6.07) is 3.12. The highest BCUT2D eigenvalue weighted by Crippen LogP contribution is 2.34. The molecule has 3 rings (SSSR count). The fourth-order valence-electron chi connectivity index (χ4n) is 2.47. The van der Waals surface area contributed by atoms with Crippen LogP contribution in [0.5, 0.6) is 0 Å². The second kappa shape index (κ2) is 4.26. The molecule has 1 aliphatic heterocycles. The molecule has 1 aromatic heterocycles. The van der Waals surface area contributed by atoms with Crippen molar-refractivity contribution in [3.8, 4) is 0 Å². The van der Waals surface area contributed by atoms with E-state index in [0.717, 1.165) is 0 Å². The van der Waals surface area contributed by atoms with E-state index in [4.69, 9.17) is 28.9 Å². The lowest BCUT2D eigenvalue weighted by molar-refractivity contribution is 0.575. The zero-order chi connectivity index (χ0) is 13.8. The maximum atomic E-state index is 11.6. The van der Waals surface area contributed by atoms with E-state index in [1.54, 1.807) is 16.7 Å². The predicted octanol–water partition coefficient (Wildman–Crippen LogP) is 2.28. The van der Waals surface area contributed by atoms with Crippen molar-refractivity contribution in [1.29, 1.82) is 0 Å². The molecule has 2 N–H and O–H groups in total. The average molecular weight is 320 g/mol. The van der Waals surface area contributed by atoms with Crippen LogP contribution in [-0.2, 0) is 9.84 Å². The van der Waals surface area contributed by atoms with Crippen LogP contribution in [0.25, 0.3) is 11.0 Å². The Hall–Kier alpha value is -0.980. The SMILES string of the molecule is Nc1nc2cc(Cl)c(Cl)cc2n1C1CCS(=O)(=O)C1. The van der Waals surface area contributed by atoms with Gasteiger partial charge in [-0.1, -0.05) is 23.2 Å². The topological polar surface area (TPSA) is 78.0 Å². The van der Waals surface area contributed by atoms with E-state index in [-0.39, 0.29) is 23.5 Å². The van der Waals surface area contributed by atoms with Crippen LogP contribution in [-0.4, -0.2) is 29.5 Å². The summed E-state index contributed by atoms with van der Waals surface area (Å²) in [6.45, 7) is 0. The molecule has 8 heteroatoms. The maximum Gasteiger partial charge on any atom is 0.201 e. The van der Waals surface area contributed by atoms with E-state index >= 15 is 0 Å². The summed E-state index contributed by atoms with van der Waals surface area (Å²) in [5.41, 5.74) is 7.23. The number of nitrogens with two attached hydrogens (primary N) is 1. The van der Waals surface area contributed by atoms with Crippen molar-refractivity contribution >= 4 is 50.0 Å². The molecule has 19 heavy (non-hydrogen) atoms. The zero-order valence-corrected chi connectivity index (χ0v) is 12.1. The van der Waals surface area contributed by atoms with Gasteiger partial charge in [0.25, 0.3) is 0 Å². The molecule has 1 unspecified atom stereocenters. The molecule has 1 atom stereocenters. The van der Waals surface area contributed by atoms with Gasteiger partial charge in [0.05, 0.1) is 38.6 Å². The fourth-order valence-corrected chi connectivity index (χ4v) is 4.49. The molecule has 2 heterocycles. The Labute approximate surface area is 120 Å². The standard InChI is InChI=1S/C11H11Cl2N3O2S/c12-7-3-9-10(4-8(7)13)16(11(14)15-9)6-1-2-19(17,18)5-6/h3-4,6H,1-2,5H2,(H2,14,15). The summed E-state index contributed by atoms with van der Waals surface area (Å²) in [4.78, 5) is 4.21. The van der Waals surface area contributed by atoms with Crippen LogP contribution in [0.2, 0.25) is 10.0 Å². The summed E-state index contributed by atoms with van der Waals surface area (Å²) in [5, 5.41) is 0.800. The molecule has 5 nitrogen and oxygen atoms in total. The van der Waals surface area contributed by atoms with Gasteiger partial charge in [0.1, 0.15) is 0 Å². The van der Waals surface area contributed by atoms with Gasteiger partial charge in [-0.3, -0.25) is 0 Å². The van der Waals surface area contributed by atoms with E-state index in [0.29, 0.717) is 27.5 Å². The Morgan fingerprint density at radius 2 is 2.00 bits per heavy atom. The summed E-state index contributed by atoms with van der Waals surface area (Å²) < 4.78 is 24.9. The normalized spacial score (nSPS) is 22.1. The summed E-state index contributed by atoms with van der Waals surface area (Å²) in [6.07, 6.45) is 0.540. The number of rotatable bonds is 1. The van der Waals surface area contributed by atoms with Crippen LogP contribution in [0, 0.1) is 0 Å². The minimum atomic E-state index is -2.99. The number of hydrogen-bond acceptors (Lipinski definition) is 4. The van der Waals surface area contributed by atoms with Gasteiger partial charge in [0, 0.05) is 0 Å². The number of halogens is 2. The second-order valence-corrected chi connectivity index (χ2v) is 7.70. The molecule has 0 bridgehead atoms. The molecule has 0 spiro atoms. The van der Waals surface area contributed by atoms with Crippen LogP contribution in [0.4, 0.5) is 5.95 Å². The number of imidazole rings is 1. The third-order valence-electron chi connectivity index (χ3n) is 3.33. The first-order valence-corrected chi connectivity index (χ1v) is 8.28. The van der Waals surface area contributed by atoms with E-state index in [9.17, 15) is 8.42 Å². The molecule has 102 valence electrons.